The van der Waals surface area contributed by atoms with Gasteiger partial charge in [-0.25, -0.2) is 4.98 Å². The average Bonchev–Trinajstić information content (AvgIpc) is 2.21. The summed E-state index contributed by atoms with van der Waals surface area (Å²) in [5, 5.41) is 1.70. The molecule has 0 bridgehead atoms. The zero-order valence-corrected chi connectivity index (χ0v) is 11.4. The third kappa shape index (κ3) is 2.09. The maximum atomic E-state index is 6.22. The van der Waals surface area contributed by atoms with Crippen molar-refractivity contribution in [3.05, 3.63) is 34.3 Å². The number of fused-ring (bicyclic) bond motifs is 1. The van der Waals surface area contributed by atoms with Crippen molar-refractivity contribution in [1.82, 2.24) is 4.98 Å². The standard InChI is InChI=1S/C14H17ClN2/c1-8-5-6-11(15)9-7-10(14(2,3)4)13(16)17-12(8)9/h5-7H,1-4H3,(H2,16,17). The van der Waals surface area contributed by atoms with Gasteiger partial charge in [-0.3, -0.25) is 0 Å². The molecule has 0 amide bonds. The van der Waals surface area contributed by atoms with E-state index in [0.717, 1.165) is 27.1 Å². The molecule has 0 aliphatic rings. The number of nitrogen functional groups attached to an aromatic ring is 1. The minimum atomic E-state index is -0.0294. The molecule has 17 heavy (non-hydrogen) atoms. The van der Waals surface area contributed by atoms with E-state index in [1.54, 1.807) is 0 Å². The second-order valence-corrected chi connectivity index (χ2v) is 5.84. The number of nitrogens with two attached hydrogens (primary N) is 1. The van der Waals surface area contributed by atoms with Gasteiger partial charge in [-0.05, 0) is 30.0 Å². The molecular weight excluding hydrogens is 232 g/mol. The average molecular weight is 249 g/mol. The minimum Gasteiger partial charge on any atom is -0.383 e. The molecule has 90 valence electrons. The molecule has 0 aliphatic carbocycles. The van der Waals surface area contributed by atoms with E-state index >= 15 is 0 Å². The van der Waals surface area contributed by atoms with E-state index in [-0.39, 0.29) is 5.41 Å². The molecule has 0 radical (unpaired) electrons. The molecule has 0 saturated heterocycles. The molecule has 0 spiro atoms. The van der Waals surface area contributed by atoms with Gasteiger partial charge in [0.05, 0.1) is 5.52 Å². The molecule has 0 atom stereocenters. The fourth-order valence-electron chi connectivity index (χ4n) is 1.98. The summed E-state index contributed by atoms with van der Waals surface area (Å²) < 4.78 is 0. The molecule has 0 saturated carbocycles. The Balaban J connectivity index is 2.85. The second kappa shape index (κ2) is 3.88. The number of aryl methyl sites for hydroxylation is 1. The lowest BCUT2D eigenvalue weighted by Gasteiger charge is -2.21. The fourth-order valence-corrected chi connectivity index (χ4v) is 2.18. The Labute approximate surface area is 107 Å². The quantitative estimate of drug-likeness (QED) is 0.763. The predicted octanol–water partition coefficient (Wildman–Crippen LogP) is 4.08. The van der Waals surface area contributed by atoms with Crippen molar-refractivity contribution in [1.29, 1.82) is 0 Å². The van der Waals surface area contributed by atoms with Gasteiger partial charge >= 0.3 is 0 Å². The molecule has 2 aromatic rings. The third-order valence-corrected chi connectivity index (χ3v) is 3.30. The summed E-state index contributed by atoms with van der Waals surface area (Å²) >= 11 is 6.22. The molecule has 1 aromatic heterocycles. The summed E-state index contributed by atoms with van der Waals surface area (Å²) in [6.07, 6.45) is 0. The predicted molar refractivity (Wildman–Crippen MR) is 74.6 cm³/mol. The highest BCUT2D eigenvalue weighted by Crippen LogP contribution is 2.33. The van der Waals surface area contributed by atoms with Gasteiger partial charge in [0.2, 0.25) is 0 Å². The number of aromatic nitrogens is 1. The van der Waals surface area contributed by atoms with Gasteiger partial charge < -0.3 is 5.73 Å². The number of benzene rings is 1. The number of pyridine rings is 1. The molecule has 1 aromatic carbocycles. The van der Waals surface area contributed by atoms with Crippen molar-refractivity contribution in [3.63, 3.8) is 0 Å². The fraction of sp³-hybridized carbons (Fsp3) is 0.357. The molecule has 0 fully saturated rings. The Kier molecular flexibility index (Phi) is 2.78. The summed E-state index contributed by atoms with van der Waals surface area (Å²) in [7, 11) is 0. The van der Waals surface area contributed by atoms with Crippen LogP contribution in [-0.2, 0) is 5.41 Å². The highest BCUT2D eigenvalue weighted by atomic mass is 35.5. The first-order valence-electron chi connectivity index (χ1n) is 5.66. The van der Waals surface area contributed by atoms with Crippen molar-refractivity contribution >= 4 is 28.3 Å². The van der Waals surface area contributed by atoms with Crippen LogP contribution in [-0.4, -0.2) is 4.98 Å². The summed E-state index contributed by atoms with van der Waals surface area (Å²) in [6.45, 7) is 8.38. The Morgan fingerprint density at radius 3 is 2.47 bits per heavy atom. The van der Waals surface area contributed by atoms with Gasteiger partial charge in [-0.15, -0.1) is 0 Å². The monoisotopic (exact) mass is 248 g/mol. The summed E-state index contributed by atoms with van der Waals surface area (Å²) in [5.74, 6) is 0.593. The minimum absolute atomic E-state index is 0.0294. The van der Waals surface area contributed by atoms with Crippen LogP contribution < -0.4 is 5.73 Å². The SMILES string of the molecule is Cc1ccc(Cl)c2cc(C(C)(C)C)c(N)nc12. The molecule has 2 rings (SSSR count). The Hall–Kier alpha value is -1.28. The molecule has 2 N–H and O–H groups in total. The van der Waals surface area contributed by atoms with Gasteiger partial charge in [-0.2, -0.15) is 0 Å². The first kappa shape index (κ1) is 12.2. The van der Waals surface area contributed by atoms with Crippen molar-refractivity contribution in [2.45, 2.75) is 33.1 Å². The van der Waals surface area contributed by atoms with E-state index in [4.69, 9.17) is 17.3 Å². The van der Waals surface area contributed by atoms with Gasteiger partial charge in [0.25, 0.3) is 0 Å². The normalized spacial score (nSPS) is 12.1. The van der Waals surface area contributed by atoms with E-state index in [1.807, 2.05) is 19.1 Å². The third-order valence-electron chi connectivity index (χ3n) is 2.97. The van der Waals surface area contributed by atoms with Crippen LogP contribution in [0.4, 0.5) is 5.82 Å². The van der Waals surface area contributed by atoms with Crippen molar-refractivity contribution in [2.24, 2.45) is 0 Å². The van der Waals surface area contributed by atoms with Crippen LogP contribution in [0.15, 0.2) is 18.2 Å². The molecule has 3 heteroatoms. The van der Waals surface area contributed by atoms with E-state index in [0.29, 0.717) is 5.82 Å². The summed E-state index contributed by atoms with van der Waals surface area (Å²) in [5.41, 5.74) is 9.03. The Morgan fingerprint density at radius 1 is 1.24 bits per heavy atom. The van der Waals surface area contributed by atoms with Crippen LogP contribution in [0.3, 0.4) is 0 Å². The Morgan fingerprint density at radius 2 is 1.88 bits per heavy atom. The highest BCUT2D eigenvalue weighted by Gasteiger charge is 2.19. The molecule has 1 heterocycles. The van der Waals surface area contributed by atoms with E-state index in [2.05, 4.69) is 31.8 Å². The van der Waals surface area contributed by atoms with Crippen molar-refractivity contribution in [3.8, 4) is 0 Å². The lowest BCUT2D eigenvalue weighted by atomic mass is 9.86. The number of halogens is 1. The molecule has 0 aliphatic heterocycles. The number of anilines is 1. The topological polar surface area (TPSA) is 38.9 Å². The lowest BCUT2D eigenvalue weighted by molar-refractivity contribution is 0.591. The zero-order valence-electron chi connectivity index (χ0n) is 10.6. The molecular formula is C14H17ClN2. The van der Waals surface area contributed by atoms with Crippen molar-refractivity contribution < 1.29 is 0 Å². The van der Waals surface area contributed by atoms with E-state index < -0.39 is 0 Å². The van der Waals surface area contributed by atoms with Crippen LogP contribution in [0.1, 0.15) is 31.9 Å². The number of hydrogen-bond acceptors (Lipinski definition) is 2. The second-order valence-electron chi connectivity index (χ2n) is 5.43. The first-order chi connectivity index (χ1) is 7.80. The van der Waals surface area contributed by atoms with Crippen LogP contribution in [0.5, 0.6) is 0 Å². The first-order valence-corrected chi connectivity index (χ1v) is 6.04. The van der Waals surface area contributed by atoms with Gasteiger partial charge in [0.1, 0.15) is 5.82 Å². The van der Waals surface area contributed by atoms with Gasteiger partial charge in [0.15, 0.2) is 0 Å². The zero-order chi connectivity index (χ0) is 12.8. The highest BCUT2D eigenvalue weighted by molar-refractivity contribution is 6.35. The van der Waals surface area contributed by atoms with Gasteiger partial charge in [-0.1, -0.05) is 38.4 Å². The number of hydrogen-bond donors (Lipinski definition) is 1. The summed E-state index contributed by atoms with van der Waals surface area (Å²) in [4.78, 5) is 4.50. The van der Waals surface area contributed by atoms with E-state index in [1.165, 1.54) is 0 Å². The van der Waals surface area contributed by atoms with Crippen LogP contribution >= 0.6 is 11.6 Å². The van der Waals surface area contributed by atoms with Crippen molar-refractivity contribution in [2.75, 3.05) is 5.73 Å². The van der Waals surface area contributed by atoms with Crippen LogP contribution in [0.25, 0.3) is 10.9 Å². The lowest BCUT2D eigenvalue weighted by Crippen LogP contribution is -2.15. The van der Waals surface area contributed by atoms with E-state index in [9.17, 15) is 0 Å². The van der Waals surface area contributed by atoms with Crippen LogP contribution in [0, 0.1) is 6.92 Å². The number of rotatable bonds is 0. The largest absolute Gasteiger partial charge is 0.383 e. The smallest absolute Gasteiger partial charge is 0.127 e. The maximum absolute atomic E-state index is 6.22. The maximum Gasteiger partial charge on any atom is 0.127 e. The number of nitrogens with zero attached hydrogens (tertiary/aromatic N) is 1. The Bertz CT molecular complexity index is 583. The van der Waals surface area contributed by atoms with Crippen LogP contribution in [0.2, 0.25) is 5.02 Å². The van der Waals surface area contributed by atoms with Gasteiger partial charge in [0, 0.05) is 16.0 Å². The molecule has 2 nitrogen and oxygen atoms in total. The summed E-state index contributed by atoms with van der Waals surface area (Å²) in [6, 6.07) is 5.93. The molecule has 0 unspecified atom stereocenters.